The molecule has 0 saturated heterocycles. The highest BCUT2D eigenvalue weighted by molar-refractivity contribution is 5.51. The third-order valence-electron chi connectivity index (χ3n) is 2.91. The predicted octanol–water partition coefficient (Wildman–Crippen LogP) is 3.36. The molecule has 0 unspecified atom stereocenters. The van der Waals surface area contributed by atoms with Crippen LogP contribution in [0.25, 0.3) is 5.52 Å². The van der Waals surface area contributed by atoms with Crippen molar-refractivity contribution in [2.75, 3.05) is 0 Å². The van der Waals surface area contributed by atoms with E-state index in [0.717, 1.165) is 11.2 Å². The zero-order chi connectivity index (χ0) is 13.2. The van der Waals surface area contributed by atoms with Gasteiger partial charge in [-0.3, -0.25) is 0 Å². The highest BCUT2D eigenvalue weighted by Gasteiger charge is 2.03. The fourth-order valence-electron chi connectivity index (χ4n) is 1.97. The number of rotatable bonds is 3. The van der Waals surface area contributed by atoms with Crippen LogP contribution in [0.3, 0.4) is 0 Å². The Labute approximate surface area is 110 Å². The third-order valence-corrected chi connectivity index (χ3v) is 2.91. The molecule has 0 amide bonds. The standard InChI is InChI=1S/C15H13FN2O/c1-11-8-13-9-14(6-7-18(13)17-11)19-10-12-4-2-3-5-15(12)16/h2-9H,10H2,1H3. The maximum absolute atomic E-state index is 13.5. The minimum Gasteiger partial charge on any atom is -0.489 e. The van der Waals surface area contributed by atoms with Crippen LogP contribution in [0.5, 0.6) is 5.75 Å². The number of ether oxygens (including phenoxy) is 1. The first-order valence-electron chi connectivity index (χ1n) is 6.04. The smallest absolute Gasteiger partial charge is 0.129 e. The Balaban J connectivity index is 1.80. The molecule has 19 heavy (non-hydrogen) atoms. The zero-order valence-corrected chi connectivity index (χ0v) is 10.5. The maximum atomic E-state index is 13.5. The Morgan fingerprint density at radius 3 is 2.89 bits per heavy atom. The second-order valence-electron chi connectivity index (χ2n) is 4.40. The highest BCUT2D eigenvalue weighted by atomic mass is 19.1. The molecule has 0 atom stereocenters. The van der Waals surface area contributed by atoms with Crippen LogP contribution in [0, 0.1) is 12.7 Å². The summed E-state index contributed by atoms with van der Waals surface area (Å²) in [4.78, 5) is 0. The summed E-state index contributed by atoms with van der Waals surface area (Å²) in [7, 11) is 0. The molecule has 0 fully saturated rings. The number of benzene rings is 1. The normalized spacial score (nSPS) is 10.8. The molecule has 0 saturated carbocycles. The predicted molar refractivity (Wildman–Crippen MR) is 70.7 cm³/mol. The number of halogens is 1. The second kappa shape index (κ2) is 4.72. The first kappa shape index (κ1) is 11.7. The van der Waals surface area contributed by atoms with Crippen LogP contribution in [0.15, 0.2) is 48.7 Å². The summed E-state index contributed by atoms with van der Waals surface area (Å²) in [6, 6.07) is 12.3. The van der Waals surface area contributed by atoms with Crippen LogP contribution in [0.4, 0.5) is 4.39 Å². The van der Waals surface area contributed by atoms with Crippen LogP contribution in [-0.4, -0.2) is 9.61 Å². The molecule has 1 aromatic carbocycles. The molecule has 0 spiro atoms. The van der Waals surface area contributed by atoms with Crippen molar-refractivity contribution in [3.05, 3.63) is 65.7 Å². The monoisotopic (exact) mass is 256 g/mol. The van der Waals surface area contributed by atoms with Gasteiger partial charge in [0.05, 0.1) is 11.2 Å². The summed E-state index contributed by atoms with van der Waals surface area (Å²) >= 11 is 0. The molecule has 2 aromatic heterocycles. The van der Waals surface area contributed by atoms with Crippen LogP contribution >= 0.6 is 0 Å². The number of aryl methyl sites for hydroxylation is 1. The van der Waals surface area contributed by atoms with Crippen molar-refractivity contribution in [3.8, 4) is 5.75 Å². The van der Waals surface area contributed by atoms with E-state index in [2.05, 4.69) is 5.10 Å². The maximum Gasteiger partial charge on any atom is 0.129 e. The Kier molecular flexibility index (Phi) is 2.91. The number of fused-ring (bicyclic) bond motifs is 1. The molecule has 0 aliphatic rings. The first-order chi connectivity index (χ1) is 9.22. The van der Waals surface area contributed by atoms with Gasteiger partial charge in [0.2, 0.25) is 0 Å². The van der Waals surface area contributed by atoms with Crippen molar-refractivity contribution >= 4 is 5.52 Å². The van der Waals surface area contributed by atoms with Crippen LogP contribution in [-0.2, 0) is 6.61 Å². The van der Waals surface area contributed by atoms with E-state index in [0.29, 0.717) is 11.3 Å². The van der Waals surface area contributed by atoms with Crippen molar-refractivity contribution in [2.24, 2.45) is 0 Å². The van der Waals surface area contributed by atoms with E-state index in [4.69, 9.17) is 4.74 Å². The van der Waals surface area contributed by atoms with Crippen molar-refractivity contribution < 1.29 is 9.13 Å². The summed E-state index contributed by atoms with van der Waals surface area (Å²) < 4.78 is 20.8. The molecule has 0 radical (unpaired) electrons. The van der Waals surface area contributed by atoms with Crippen molar-refractivity contribution in [1.82, 2.24) is 9.61 Å². The van der Waals surface area contributed by atoms with Gasteiger partial charge in [-0.15, -0.1) is 0 Å². The first-order valence-corrected chi connectivity index (χ1v) is 6.04. The molecule has 2 heterocycles. The van der Waals surface area contributed by atoms with Gasteiger partial charge in [0, 0.05) is 17.8 Å². The lowest BCUT2D eigenvalue weighted by Crippen LogP contribution is -1.98. The lowest BCUT2D eigenvalue weighted by molar-refractivity contribution is 0.300. The molecule has 3 rings (SSSR count). The molecule has 0 aliphatic carbocycles. The lowest BCUT2D eigenvalue weighted by atomic mass is 10.2. The van der Waals surface area contributed by atoms with Gasteiger partial charge in [-0.25, -0.2) is 8.91 Å². The fraction of sp³-hybridized carbons (Fsp3) is 0.133. The largest absolute Gasteiger partial charge is 0.489 e. The Morgan fingerprint density at radius 2 is 2.05 bits per heavy atom. The van der Waals surface area contributed by atoms with Crippen molar-refractivity contribution in [2.45, 2.75) is 13.5 Å². The van der Waals surface area contributed by atoms with Crippen molar-refractivity contribution in [3.63, 3.8) is 0 Å². The Hall–Kier alpha value is -2.36. The van der Waals surface area contributed by atoms with Crippen LogP contribution in [0.2, 0.25) is 0 Å². The summed E-state index contributed by atoms with van der Waals surface area (Å²) in [5.41, 5.74) is 2.46. The highest BCUT2D eigenvalue weighted by Crippen LogP contribution is 2.17. The molecule has 4 heteroatoms. The van der Waals surface area contributed by atoms with E-state index < -0.39 is 0 Å². The Morgan fingerprint density at radius 1 is 1.21 bits per heavy atom. The second-order valence-corrected chi connectivity index (χ2v) is 4.40. The topological polar surface area (TPSA) is 26.5 Å². The Bertz CT molecular complexity index is 721. The SMILES string of the molecule is Cc1cc2cc(OCc3ccccc3F)ccn2n1. The van der Waals surface area contributed by atoms with Gasteiger partial charge in [-0.05, 0) is 25.1 Å². The number of hydrogen-bond acceptors (Lipinski definition) is 2. The van der Waals surface area contributed by atoms with Crippen LogP contribution in [0.1, 0.15) is 11.3 Å². The van der Waals surface area contributed by atoms with Gasteiger partial charge in [-0.1, -0.05) is 18.2 Å². The average molecular weight is 256 g/mol. The van der Waals surface area contributed by atoms with Gasteiger partial charge in [0.15, 0.2) is 0 Å². The number of aromatic nitrogens is 2. The molecule has 0 N–H and O–H groups in total. The van der Waals surface area contributed by atoms with Gasteiger partial charge in [0.25, 0.3) is 0 Å². The van der Waals surface area contributed by atoms with E-state index in [1.807, 2.05) is 31.3 Å². The molecular formula is C15H13FN2O. The summed E-state index contributed by atoms with van der Waals surface area (Å²) in [5.74, 6) is 0.458. The third kappa shape index (κ3) is 2.42. The van der Waals surface area contributed by atoms with Crippen molar-refractivity contribution in [1.29, 1.82) is 0 Å². The summed E-state index contributed by atoms with van der Waals surface area (Å²) in [5, 5.41) is 4.29. The minimum atomic E-state index is -0.247. The van der Waals surface area contributed by atoms with Gasteiger partial charge in [-0.2, -0.15) is 5.10 Å². The number of pyridine rings is 1. The molecule has 96 valence electrons. The molecule has 3 nitrogen and oxygen atoms in total. The van der Waals surface area contributed by atoms with Crippen LogP contribution < -0.4 is 4.74 Å². The summed E-state index contributed by atoms with van der Waals surface area (Å²) in [6.07, 6.45) is 1.83. The molecular weight excluding hydrogens is 243 g/mol. The summed E-state index contributed by atoms with van der Waals surface area (Å²) in [6.45, 7) is 2.16. The van der Waals surface area contributed by atoms with E-state index in [1.165, 1.54) is 6.07 Å². The van der Waals surface area contributed by atoms with E-state index in [9.17, 15) is 4.39 Å². The zero-order valence-electron chi connectivity index (χ0n) is 10.5. The van der Waals surface area contributed by atoms with E-state index in [-0.39, 0.29) is 12.4 Å². The van der Waals surface area contributed by atoms with Gasteiger partial charge < -0.3 is 4.74 Å². The minimum absolute atomic E-state index is 0.218. The van der Waals surface area contributed by atoms with E-state index in [1.54, 1.807) is 22.7 Å². The quantitative estimate of drug-likeness (QED) is 0.718. The molecule has 3 aromatic rings. The molecule has 0 aliphatic heterocycles. The molecule has 0 bridgehead atoms. The van der Waals surface area contributed by atoms with Gasteiger partial charge >= 0.3 is 0 Å². The lowest BCUT2D eigenvalue weighted by Gasteiger charge is -2.07. The average Bonchev–Trinajstić information content (AvgIpc) is 2.77. The van der Waals surface area contributed by atoms with E-state index >= 15 is 0 Å². The number of nitrogens with zero attached hydrogens (tertiary/aromatic N) is 2. The van der Waals surface area contributed by atoms with Gasteiger partial charge in [0.1, 0.15) is 18.2 Å². The fourth-order valence-corrected chi connectivity index (χ4v) is 1.97. The number of hydrogen-bond donors (Lipinski definition) is 0.